The van der Waals surface area contributed by atoms with E-state index in [1.165, 1.54) is 18.2 Å². The third-order valence-corrected chi connectivity index (χ3v) is 2.57. The molecule has 0 N–H and O–H groups in total. The van der Waals surface area contributed by atoms with Crippen molar-refractivity contribution in [2.24, 2.45) is 0 Å². The molecule has 0 bridgehead atoms. The second-order valence-electron chi connectivity index (χ2n) is 3.77. The van der Waals surface area contributed by atoms with E-state index in [1.807, 2.05) is 24.3 Å². The van der Waals surface area contributed by atoms with Gasteiger partial charge in [0, 0.05) is 0 Å². The molecule has 0 saturated carbocycles. The van der Waals surface area contributed by atoms with Crippen molar-refractivity contribution >= 4 is 0 Å². The zero-order valence-electron chi connectivity index (χ0n) is 9.24. The van der Waals surface area contributed by atoms with Gasteiger partial charge in [-0.1, -0.05) is 42.5 Å². The van der Waals surface area contributed by atoms with E-state index in [0.29, 0.717) is 12.8 Å². The summed E-state index contributed by atoms with van der Waals surface area (Å²) in [7, 11) is 0. The second-order valence-corrected chi connectivity index (χ2v) is 3.77. The maximum absolute atomic E-state index is 12.8. The maximum Gasteiger partial charge on any atom is 0.123 e. The fourth-order valence-electron chi connectivity index (χ4n) is 1.66. The fraction of sp³-hybridized carbons (Fsp3) is 0.0667. The van der Waals surface area contributed by atoms with Crippen molar-refractivity contribution in [1.82, 2.24) is 0 Å². The number of allylic oxidation sites excluding steroid dienone is 1. The Morgan fingerprint density at radius 3 is 1.88 bits per heavy atom. The molecule has 17 heavy (non-hydrogen) atoms. The third-order valence-electron chi connectivity index (χ3n) is 2.57. The number of rotatable bonds is 3. The first kappa shape index (κ1) is 11.5. The minimum absolute atomic E-state index is 0.238. The summed E-state index contributed by atoms with van der Waals surface area (Å²) in [5, 5.41) is 0. The van der Waals surface area contributed by atoms with E-state index in [4.69, 9.17) is 0 Å². The van der Waals surface area contributed by atoms with Gasteiger partial charge in [0.15, 0.2) is 0 Å². The molecule has 86 valence electrons. The first-order valence-electron chi connectivity index (χ1n) is 5.40. The molecule has 2 aromatic carbocycles. The van der Waals surface area contributed by atoms with Crippen LogP contribution in [-0.2, 0) is 6.42 Å². The van der Waals surface area contributed by atoms with Crippen molar-refractivity contribution in [3.05, 3.63) is 72.3 Å². The van der Waals surface area contributed by atoms with E-state index in [1.54, 1.807) is 12.1 Å². The van der Waals surface area contributed by atoms with Crippen molar-refractivity contribution in [2.45, 2.75) is 6.42 Å². The molecule has 0 nitrogen and oxygen atoms in total. The largest absolute Gasteiger partial charge is 0.216 e. The van der Waals surface area contributed by atoms with Gasteiger partial charge < -0.3 is 0 Å². The summed E-state index contributed by atoms with van der Waals surface area (Å²) in [4.78, 5) is 0. The van der Waals surface area contributed by atoms with Gasteiger partial charge in [-0.15, -0.1) is 0 Å². The van der Waals surface area contributed by atoms with Gasteiger partial charge in [-0.2, -0.15) is 0 Å². The Balaban J connectivity index is 2.20. The lowest BCUT2D eigenvalue weighted by molar-refractivity contribution is 0.628. The van der Waals surface area contributed by atoms with E-state index >= 15 is 0 Å². The van der Waals surface area contributed by atoms with Gasteiger partial charge in [-0.3, -0.25) is 0 Å². The predicted octanol–water partition coefficient (Wildman–Crippen LogP) is 4.52. The quantitative estimate of drug-likeness (QED) is 0.727. The molecule has 0 unspecified atom stereocenters. The molecule has 0 heterocycles. The van der Waals surface area contributed by atoms with E-state index in [9.17, 15) is 8.78 Å². The van der Waals surface area contributed by atoms with Crippen LogP contribution < -0.4 is 0 Å². The predicted molar refractivity (Wildman–Crippen MR) is 65.8 cm³/mol. The van der Waals surface area contributed by atoms with Gasteiger partial charge >= 0.3 is 0 Å². The molecule has 0 aliphatic heterocycles. The van der Waals surface area contributed by atoms with Gasteiger partial charge in [-0.25, -0.2) is 8.78 Å². The monoisotopic (exact) mass is 230 g/mol. The highest BCUT2D eigenvalue weighted by Gasteiger charge is 1.98. The van der Waals surface area contributed by atoms with Crippen molar-refractivity contribution in [3.8, 4) is 11.1 Å². The summed E-state index contributed by atoms with van der Waals surface area (Å²) >= 11 is 0. The van der Waals surface area contributed by atoms with Crippen molar-refractivity contribution < 1.29 is 8.78 Å². The van der Waals surface area contributed by atoms with Crippen molar-refractivity contribution in [2.75, 3.05) is 0 Å². The van der Waals surface area contributed by atoms with Crippen LogP contribution in [0.1, 0.15) is 5.56 Å². The molecule has 2 heteroatoms. The Labute approximate surface area is 99.2 Å². The third kappa shape index (κ3) is 3.00. The topological polar surface area (TPSA) is 0 Å². The Morgan fingerprint density at radius 1 is 0.824 bits per heavy atom. The molecule has 0 aromatic heterocycles. The van der Waals surface area contributed by atoms with Gasteiger partial charge in [0.25, 0.3) is 0 Å². The Morgan fingerprint density at radius 2 is 1.35 bits per heavy atom. The fourth-order valence-corrected chi connectivity index (χ4v) is 1.66. The average molecular weight is 230 g/mol. The number of hydrogen-bond donors (Lipinski definition) is 0. The SMILES string of the molecule is F/C=C/Cc1ccc(-c2ccc(F)cc2)cc1. The van der Waals surface area contributed by atoms with Crippen molar-refractivity contribution in [3.63, 3.8) is 0 Å². The minimum atomic E-state index is -0.238. The molecule has 0 fully saturated rings. The molecule has 0 aliphatic carbocycles. The zero-order chi connectivity index (χ0) is 12.1. The van der Waals surface area contributed by atoms with E-state index < -0.39 is 0 Å². The second kappa shape index (κ2) is 5.39. The molecule has 0 radical (unpaired) electrons. The maximum atomic E-state index is 12.8. The summed E-state index contributed by atoms with van der Waals surface area (Å²) in [5.74, 6) is -0.238. The Kier molecular flexibility index (Phi) is 3.66. The van der Waals surface area contributed by atoms with Crippen LogP contribution in [-0.4, -0.2) is 0 Å². The lowest BCUT2D eigenvalue weighted by Gasteiger charge is -2.03. The Bertz CT molecular complexity index is 495. The lowest BCUT2D eigenvalue weighted by Crippen LogP contribution is -1.82. The van der Waals surface area contributed by atoms with Crippen molar-refractivity contribution in [1.29, 1.82) is 0 Å². The van der Waals surface area contributed by atoms with Crippen LogP contribution in [0.5, 0.6) is 0 Å². The van der Waals surface area contributed by atoms with E-state index in [0.717, 1.165) is 16.7 Å². The van der Waals surface area contributed by atoms with Gasteiger partial charge in [-0.05, 0) is 35.2 Å². The van der Waals surface area contributed by atoms with Crippen LogP contribution in [0, 0.1) is 5.82 Å². The van der Waals surface area contributed by atoms with Crippen LogP contribution in [0.15, 0.2) is 60.9 Å². The molecule has 0 amide bonds. The highest BCUT2D eigenvalue weighted by molar-refractivity contribution is 5.63. The summed E-state index contributed by atoms with van der Waals surface area (Å²) in [6, 6.07) is 14.2. The minimum Gasteiger partial charge on any atom is -0.216 e. The van der Waals surface area contributed by atoms with Crippen LogP contribution >= 0.6 is 0 Å². The van der Waals surface area contributed by atoms with Gasteiger partial charge in [0.2, 0.25) is 0 Å². The van der Waals surface area contributed by atoms with Gasteiger partial charge in [0.1, 0.15) is 5.82 Å². The standard InChI is InChI=1S/C15H12F2/c16-11-1-2-12-3-5-13(6-4-12)14-7-9-15(17)10-8-14/h1,3-11H,2H2/b11-1+. The molecular formula is C15H12F2. The molecule has 0 aliphatic rings. The van der Waals surface area contributed by atoms with Gasteiger partial charge in [0.05, 0.1) is 6.33 Å². The molecular weight excluding hydrogens is 218 g/mol. The highest BCUT2D eigenvalue weighted by Crippen LogP contribution is 2.20. The van der Waals surface area contributed by atoms with Crippen LogP contribution in [0.3, 0.4) is 0 Å². The summed E-state index contributed by atoms with van der Waals surface area (Å²) in [6.45, 7) is 0. The highest BCUT2D eigenvalue weighted by atomic mass is 19.1. The summed E-state index contributed by atoms with van der Waals surface area (Å²) < 4.78 is 24.6. The summed E-state index contributed by atoms with van der Waals surface area (Å²) in [6.07, 6.45) is 2.60. The first-order valence-corrected chi connectivity index (χ1v) is 5.40. The van der Waals surface area contributed by atoms with Crippen LogP contribution in [0.2, 0.25) is 0 Å². The first-order chi connectivity index (χ1) is 8.29. The molecule has 0 saturated heterocycles. The number of hydrogen-bond acceptors (Lipinski definition) is 0. The van der Waals surface area contributed by atoms with Crippen LogP contribution in [0.25, 0.3) is 11.1 Å². The van der Waals surface area contributed by atoms with E-state index in [2.05, 4.69) is 0 Å². The molecule has 0 spiro atoms. The molecule has 0 atom stereocenters. The molecule has 2 aromatic rings. The van der Waals surface area contributed by atoms with E-state index in [-0.39, 0.29) is 5.82 Å². The Hall–Kier alpha value is -1.96. The number of benzene rings is 2. The average Bonchev–Trinajstić information content (AvgIpc) is 2.38. The summed E-state index contributed by atoms with van der Waals surface area (Å²) in [5.41, 5.74) is 3.04. The molecule has 2 rings (SSSR count). The smallest absolute Gasteiger partial charge is 0.123 e. The normalized spacial score (nSPS) is 10.9. The lowest BCUT2D eigenvalue weighted by atomic mass is 10.0. The zero-order valence-corrected chi connectivity index (χ0v) is 9.24. The number of halogens is 2. The van der Waals surface area contributed by atoms with Crippen LogP contribution in [0.4, 0.5) is 8.78 Å².